The van der Waals surface area contributed by atoms with Crippen LogP contribution in [0.4, 0.5) is 4.79 Å². The number of alkyl carbamates (subject to hydrolysis) is 1. The summed E-state index contributed by atoms with van der Waals surface area (Å²) in [5, 5.41) is 5.51. The molecule has 0 aliphatic rings. The van der Waals surface area contributed by atoms with Crippen LogP contribution in [0.25, 0.3) is 11.1 Å². The van der Waals surface area contributed by atoms with Crippen LogP contribution >= 0.6 is 0 Å². The number of carbonyl (C=O) groups excluding carboxylic acids is 3. The van der Waals surface area contributed by atoms with Crippen molar-refractivity contribution < 1.29 is 28.6 Å². The summed E-state index contributed by atoms with van der Waals surface area (Å²) in [5.41, 5.74) is 2.82. The third-order valence-electron chi connectivity index (χ3n) is 5.95. The molecule has 2 rings (SSSR count). The molecule has 0 radical (unpaired) electrons. The monoisotopic (exact) mass is 550 g/mol. The van der Waals surface area contributed by atoms with E-state index in [1.807, 2.05) is 55.5 Å². The van der Waals surface area contributed by atoms with Crippen LogP contribution in [0.3, 0.4) is 0 Å². The van der Waals surface area contributed by atoms with Gasteiger partial charge in [-0.3, -0.25) is 9.59 Å². The number of esters is 1. The van der Waals surface area contributed by atoms with Crippen molar-refractivity contribution >= 4 is 18.0 Å². The topological polar surface area (TPSA) is 103 Å². The summed E-state index contributed by atoms with van der Waals surface area (Å²) in [7, 11) is 1.30. The molecule has 0 fully saturated rings. The van der Waals surface area contributed by atoms with Gasteiger partial charge in [0.2, 0.25) is 5.91 Å². The van der Waals surface area contributed by atoms with Gasteiger partial charge in [-0.1, -0.05) is 42.5 Å². The second kappa shape index (κ2) is 15.5. The second-order valence-corrected chi connectivity index (χ2v) is 10.4. The molecule has 216 valence electrons. The van der Waals surface area contributed by atoms with Gasteiger partial charge >= 0.3 is 12.1 Å². The predicted molar refractivity (Wildman–Crippen MR) is 157 cm³/mol. The molecule has 8 heteroatoms. The maximum absolute atomic E-state index is 13.3. The van der Waals surface area contributed by atoms with Crippen molar-refractivity contribution in [3.05, 3.63) is 78.9 Å². The van der Waals surface area contributed by atoms with E-state index in [2.05, 4.69) is 23.8 Å². The second-order valence-electron chi connectivity index (χ2n) is 10.4. The molecule has 0 heterocycles. The minimum absolute atomic E-state index is 0.0996. The van der Waals surface area contributed by atoms with Crippen LogP contribution in [-0.4, -0.2) is 43.3 Å². The van der Waals surface area contributed by atoms with Gasteiger partial charge in [0.15, 0.2) is 0 Å². The van der Waals surface area contributed by atoms with E-state index >= 15 is 0 Å². The Morgan fingerprint density at radius 1 is 1.02 bits per heavy atom. The molecule has 0 spiro atoms. The van der Waals surface area contributed by atoms with Gasteiger partial charge in [-0.15, -0.1) is 13.2 Å². The largest absolute Gasteiger partial charge is 0.493 e. The molecular formula is C32H42N2O6. The van der Waals surface area contributed by atoms with Crippen LogP contribution in [0.5, 0.6) is 5.75 Å². The van der Waals surface area contributed by atoms with Crippen LogP contribution in [-0.2, 0) is 19.1 Å². The highest BCUT2D eigenvalue weighted by Crippen LogP contribution is 2.35. The Morgan fingerprint density at radius 2 is 1.75 bits per heavy atom. The zero-order chi connectivity index (χ0) is 29.7. The third kappa shape index (κ3) is 10.2. The summed E-state index contributed by atoms with van der Waals surface area (Å²) in [4.78, 5) is 38.0. The zero-order valence-corrected chi connectivity index (χ0v) is 24.3. The van der Waals surface area contributed by atoms with Crippen molar-refractivity contribution in [3.63, 3.8) is 0 Å². The molecule has 0 aliphatic heterocycles. The molecule has 8 nitrogen and oxygen atoms in total. The van der Waals surface area contributed by atoms with Crippen molar-refractivity contribution in [1.82, 2.24) is 10.6 Å². The number of ether oxygens (including phenoxy) is 3. The Morgan fingerprint density at radius 3 is 2.40 bits per heavy atom. The standard InChI is InChI=1S/C32H42N2O6/c1-8-10-11-19-39-27-18-12-15-22(3)29(27)24-17-13-16-23(20-24)26(21-28(35)38-7)33-30(36)25(14-9-2)34-31(37)40-32(4,5)6/h8-9,12-13,15-18,20,25-26H,1-2,10-11,14,19,21H2,3-7H3,(H,33,36)(H,34,37)/t25-,26-/m0/s1. The van der Waals surface area contributed by atoms with Gasteiger partial charge in [0.05, 0.1) is 26.2 Å². The fourth-order valence-electron chi connectivity index (χ4n) is 4.07. The molecule has 0 unspecified atom stereocenters. The first-order valence-corrected chi connectivity index (χ1v) is 13.4. The van der Waals surface area contributed by atoms with Gasteiger partial charge in [0, 0.05) is 5.56 Å². The average molecular weight is 551 g/mol. The lowest BCUT2D eigenvalue weighted by Crippen LogP contribution is -2.49. The highest BCUT2D eigenvalue weighted by Gasteiger charge is 2.27. The molecule has 2 aromatic rings. The van der Waals surface area contributed by atoms with E-state index in [4.69, 9.17) is 14.2 Å². The first-order valence-electron chi connectivity index (χ1n) is 13.4. The van der Waals surface area contributed by atoms with E-state index in [0.29, 0.717) is 12.2 Å². The van der Waals surface area contributed by atoms with Crippen molar-refractivity contribution in [3.8, 4) is 16.9 Å². The van der Waals surface area contributed by atoms with Gasteiger partial charge in [0.25, 0.3) is 0 Å². The first kappa shape index (κ1) is 32.1. The van der Waals surface area contributed by atoms with Crippen LogP contribution < -0.4 is 15.4 Å². The van der Waals surface area contributed by atoms with Gasteiger partial charge in [-0.25, -0.2) is 4.79 Å². The Kier molecular flexibility index (Phi) is 12.5. The van der Waals surface area contributed by atoms with E-state index in [9.17, 15) is 14.4 Å². The van der Waals surface area contributed by atoms with Crippen molar-refractivity contribution in [2.75, 3.05) is 13.7 Å². The first-order chi connectivity index (χ1) is 19.0. The molecule has 0 aromatic heterocycles. The summed E-state index contributed by atoms with van der Waals surface area (Å²) in [5.74, 6) is -0.215. The Hall–Kier alpha value is -4.07. The molecule has 0 saturated heterocycles. The van der Waals surface area contributed by atoms with Gasteiger partial charge in [-0.05, 0) is 75.8 Å². The smallest absolute Gasteiger partial charge is 0.408 e. The molecule has 2 N–H and O–H groups in total. The minimum Gasteiger partial charge on any atom is -0.493 e. The molecule has 2 atom stereocenters. The van der Waals surface area contributed by atoms with Crippen LogP contribution in [0.15, 0.2) is 67.8 Å². The fourth-order valence-corrected chi connectivity index (χ4v) is 4.07. The SMILES string of the molecule is C=CCCCOc1cccc(C)c1-c1cccc([C@H](CC(=O)OC)NC(=O)[C@H](CC=C)NC(=O)OC(C)(C)C)c1. The van der Waals surface area contributed by atoms with E-state index in [-0.39, 0.29) is 12.8 Å². The summed E-state index contributed by atoms with van der Waals surface area (Å²) < 4.78 is 16.3. The van der Waals surface area contributed by atoms with Crippen LogP contribution in [0.2, 0.25) is 0 Å². The number of amides is 2. The zero-order valence-electron chi connectivity index (χ0n) is 24.3. The number of aryl methyl sites for hydroxylation is 1. The maximum Gasteiger partial charge on any atom is 0.408 e. The Labute approximate surface area is 237 Å². The lowest BCUT2D eigenvalue weighted by molar-refractivity contribution is -0.141. The Bertz CT molecular complexity index is 1180. The highest BCUT2D eigenvalue weighted by atomic mass is 16.6. The number of hydrogen-bond donors (Lipinski definition) is 2. The summed E-state index contributed by atoms with van der Waals surface area (Å²) in [6.45, 7) is 15.2. The van der Waals surface area contributed by atoms with Crippen molar-refractivity contribution in [1.29, 1.82) is 0 Å². The molecule has 0 bridgehead atoms. The third-order valence-corrected chi connectivity index (χ3v) is 5.95. The summed E-state index contributed by atoms with van der Waals surface area (Å²) >= 11 is 0. The number of nitrogens with one attached hydrogen (secondary N) is 2. The molecule has 40 heavy (non-hydrogen) atoms. The highest BCUT2D eigenvalue weighted by molar-refractivity contribution is 5.87. The van der Waals surface area contributed by atoms with E-state index in [1.165, 1.54) is 13.2 Å². The molecule has 2 aromatic carbocycles. The lowest BCUT2D eigenvalue weighted by atomic mass is 9.94. The number of carbonyl (C=O) groups is 3. The minimum atomic E-state index is -0.942. The van der Waals surface area contributed by atoms with E-state index in [0.717, 1.165) is 35.3 Å². The number of benzene rings is 2. The quantitative estimate of drug-likeness (QED) is 0.165. The van der Waals surface area contributed by atoms with E-state index < -0.39 is 35.7 Å². The van der Waals surface area contributed by atoms with Gasteiger partial charge in [0.1, 0.15) is 17.4 Å². The number of methoxy groups -OCH3 is 1. The fraction of sp³-hybridized carbons (Fsp3) is 0.406. The van der Waals surface area contributed by atoms with Crippen LogP contribution in [0.1, 0.15) is 63.6 Å². The van der Waals surface area contributed by atoms with E-state index in [1.54, 1.807) is 20.8 Å². The molecule has 2 amide bonds. The molecule has 0 aliphatic carbocycles. The number of unbranched alkanes of at least 4 members (excludes halogenated alkanes) is 1. The average Bonchev–Trinajstić information content (AvgIpc) is 2.89. The summed E-state index contributed by atoms with van der Waals surface area (Å²) in [6, 6.07) is 11.8. The molecule has 0 saturated carbocycles. The van der Waals surface area contributed by atoms with Crippen molar-refractivity contribution in [2.24, 2.45) is 0 Å². The number of hydrogen-bond acceptors (Lipinski definition) is 6. The molecular weight excluding hydrogens is 508 g/mol. The predicted octanol–water partition coefficient (Wildman–Crippen LogP) is 6.20. The normalized spacial score (nSPS) is 12.4. The Balaban J connectivity index is 2.37. The number of rotatable bonds is 14. The van der Waals surface area contributed by atoms with Crippen LogP contribution in [0, 0.1) is 6.92 Å². The van der Waals surface area contributed by atoms with Gasteiger partial charge in [-0.2, -0.15) is 0 Å². The number of allylic oxidation sites excluding steroid dienone is 1. The maximum atomic E-state index is 13.3. The van der Waals surface area contributed by atoms with Crippen molar-refractivity contribution in [2.45, 2.75) is 71.1 Å². The summed E-state index contributed by atoms with van der Waals surface area (Å²) in [6.07, 6.45) is 4.47. The lowest BCUT2D eigenvalue weighted by Gasteiger charge is -2.25. The van der Waals surface area contributed by atoms with Gasteiger partial charge < -0.3 is 24.8 Å².